The summed E-state index contributed by atoms with van der Waals surface area (Å²) < 4.78 is 11.0. The molecule has 0 bridgehead atoms. The first-order chi connectivity index (χ1) is 17.0. The van der Waals surface area contributed by atoms with Crippen molar-refractivity contribution in [3.8, 4) is 0 Å². The lowest BCUT2D eigenvalue weighted by molar-refractivity contribution is 0.0543. The van der Waals surface area contributed by atoms with Crippen molar-refractivity contribution >= 4 is 33.3 Å². The summed E-state index contributed by atoms with van der Waals surface area (Å²) in [6.07, 6.45) is 3.45. The van der Waals surface area contributed by atoms with Gasteiger partial charge in [0.05, 0.1) is 22.5 Å². The number of rotatable bonds is 7. The highest BCUT2D eigenvalue weighted by Crippen LogP contribution is 2.37. The monoisotopic (exact) mass is 491 g/mol. The normalized spacial score (nSPS) is 15.3. The zero-order chi connectivity index (χ0) is 24.4. The number of nitrogens with one attached hydrogen (secondary N) is 1. The molecule has 0 unspecified atom stereocenters. The minimum Gasteiger partial charge on any atom is -0.381 e. The van der Waals surface area contributed by atoms with Gasteiger partial charge in [0, 0.05) is 38.3 Å². The smallest absolute Gasteiger partial charge is 0.264 e. The first-order valence-electron chi connectivity index (χ1n) is 11.8. The van der Waals surface area contributed by atoms with E-state index in [1.165, 1.54) is 16.9 Å². The average molecular weight is 492 g/mol. The molecule has 1 amide bonds. The van der Waals surface area contributed by atoms with Crippen LogP contribution in [0, 0.1) is 13.8 Å². The molecule has 1 fully saturated rings. The summed E-state index contributed by atoms with van der Waals surface area (Å²) >= 11 is 1.40. The molecule has 5 rings (SSSR count). The van der Waals surface area contributed by atoms with E-state index >= 15 is 0 Å². The number of hydrogen-bond acceptors (Lipinski definition) is 8. The summed E-state index contributed by atoms with van der Waals surface area (Å²) in [5.41, 5.74) is 2.96. The molecule has 0 saturated carbocycles. The second-order valence-corrected chi connectivity index (χ2v) is 10.2. The van der Waals surface area contributed by atoms with Gasteiger partial charge in [0.2, 0.25) is 0 Å². The van der Waals surface area contributed by atoms with Crippen LogP contribution in [0.15, 0.2) is 47.2 Å². The fraction of sp³-hybridized carbons (Fsp3) is 0.385. The van der Waals surface area contributed by atoms with Crippen LogP contribution in [-0.2, 0) is 16.7 Å². The Bertz CT molecular complexity index is 1330. The lowest BCUT2D eigenvalue weighted by Crippen LogP contribution is -2.40. The quantitative estimate of drug-likeness (QED) is 0.399. The number of nitrogens with zero attached hydrogens (tertiary/aromatic N) is 4. The molecule has 0 atom stereocenters. The topological polar surface area (TPSA) is 93.4 Å². The molecule has 1 aromatic carbocycles. The van der Waals surface area contributed by atoms with Gasteiger partial charge in [0.1, 0.15) is 17.0 Å². The van der Waals surface area contributed by atoms with Gasteiger partial charge in [-0.15, -0.1) is 11.3 Å². The van der Waals surface area contributed by atoms with Crippen LogP contribution >= 0.6 is 11.3 Å². The number of fused-ring (bicyclic) bond motifs is 1. The fourth-order valence-corrected chi connectivity index (χ4v) is 5.90. The van der Waals surface area contributed by atoms with Crippen molar-refractivity contribution < 1.29 is 14.1 Å². The van der Waals surface area contributed by atoms with Crippen molar-refractivity contribution in [2.75, 3.05) is 32.1 Å². The number of hydrogen-bond donors (Lipinski definition) is 1. The number of thiophene rings is 1. The predicted molar refractivity (Wildman–Crippen MR) is 136 cm³/mol. The van der Waals surface area contributed by atoms with E-state index in [2.05, 4.69) is 44.7 Å². The van der Waals surface area contributed by atoms with Gasteiger partial charge in [-0.1, -0.05) is 35.5 Å². The molecule has 1 N–H and O–H groups in total. The summed E-state index contributed by atoms with van der Waals surface area (Å²) in [5, 5.41) is 8.42. The maximum absolute atomic E-state index is 13.3. The van der Waals surface area contributed by atoms with Gasteiger partial charge in [-0.2, -0.15) is 0 Å². The molecule has 0 aliphatic carbocycles. The van der Waals surface area contributed by atoms with E-state index in [1.54, 1.807) is 18.3 Å². The van der Waals surface area contributed by atoms with E-state index < -0.39 is 0 Å². The van der Waals surface area contributed by atoms with Gasteiger partial charge in [-0.25, -0.2) is 9.97 Å². The van der Waals surface area contributed by atoms with E-state index in [-0.39, 0.29) is 11.3 Å². The van der Waals surface area contributed by atoms with Crippen molar-refractivity contribution in [3.05, 3.63) is 70.2 Å². The molecule has 35 heavy (non-hydrogen) atoms. The molecule has 182 valence electrons. The molecule has 4 heterocycles. The summed E-state index contributed by atoms with van der Waals surface area (Å²) in [6.45, 7) is 6.39. The third-order valence-electron chi connectivity index (χ3n) is 6.77. The SMILES string of the molecule is Cc1cc(CN(C)C(=O)c2sc3ncnc(NCC4(c5ccccc5)CCOCC4)c3c2C)on1. The highest BCUT2D eigenvalue weighted by atomic mass is 32.1. The van der Waals surface area contributed by atoms with Crippen LogP contribution in [0.5, 0.6) is 0 Å². The highest BCUT2D eigenvalue weighted by molar-refractivity contribution is 7.20. The standard InChI is InChI=1S/C26H29N5O3S/c1-17-13-20(34-30-17)14-31(3)25(32)22-18(2)21-23(28-16-29-24(21)35-22)27-15-26(9-11-33-12-10-26)19-7-5-4-6-8-19/h4-8,13,16H,9-12,14-15H2,1-3H3,(H,27,28,29). The molecule has 4 aromatic rings. The summed E-state index contributed by atoms with van der Waals surface area (Å²) in [6, 6.07) is 12.5. The van der Waals surface area contributed by atoms with E-state index in [9.17, 15) is 4.79 Å². The van der Waals surface area contributed by atoms with Crippen molar-refractivity contribution in [1.82, 2.24) is 20.0 Å². The first kappa shape index (κ1) is 23.4. The molecule has 1 saturated heterocycles. The van der Waals surface area contributed by atoms with Gasteiger partial charge >= 0.3 is 0 Å². The van der Waals surface area contributed by atoms with E-state index in [1.807, 2.05) is 26.0 Å². The maximum Gasteiger partial charge on any atom is 0.264 e. The zero-order valence-corrected chi connectivity index (χ0v) is 21.0. The Morgan fingerprint density at radius 1 is 1.17 bits per heavy atom. The fourth-order valence-electron chi connectivity index (χ4n) is 4.75. The Morgan fingerprint density at radius 2 is 1.94 bits per heavy atom. The number of aryl methyl sites for hydroxylation is 2. The molecular weight excluding hydrogens is 462 g/mol. The van der Waals surface area contributed by atoms with Crippen molar-refractivity contribution in [2.45, 2.75) is 38.6 Å². The minimum absolute atomic E-state index is 0.0330. The molecule has 3 aromatic heterocycles. The van der Waals surface area contributed by atoms with Gasteiger partial charge in [-0.05, 0) is 37.8 Å². The predicted octanol–water partition coefficient (Wildman–Crippen LogP) is 4.73. The Balaban J connectivity index is 1.41. The number of carbonyl (C=O) groups excluding carboxylic acids is 1. The van der Waals surface area contributed by atoms with E-state index in [4.69, 9.17) is 9.26 Å². The number of benzene rings is 1. The second kappa shape index (κ2) is 9.75. The second-order valence-electron chi connectivity index (χ2n) is 9.17. The Morgan fingerprint density at radius 3 is 2.66 bits per heavy atom. The van der Waals surface area contributed by atoms with E-state index in [0.717, 1.165) is 59.9 Å². The first-order valence-corrected chi connectivity index (χ1v) is 12.6. The lowest BCUT2D eigenvalue weighted by Gasteiger charge is -2.38. The third kappa shape index (κ3) is 4.66. The Hall–Kier alpha value is -3.30. The zero-order valence-electron chi connectivity index (χ0n) is 20.2. The summed E-state index contributed by atoms with van der Waals surface area (Å²) in [4.78, 5) is 25.4. The molecule has 0 radical (unpaired) electrons. The molecule has 1 aliphatic rings. The minimum atomic E-state index is -0.0734. The number of anilines is 1. The van der Waals surface area contributed by atoms with Crippen LogP contribution in [0.4, 0.5) is 5.82 Å². The summed E-state index contributed by atoms with van der Waals surface area (Å²) in [7, 11) is 1.77. The Labute approximate surface area is 208 Å². The van der Waals surface area contributed by atoms with E-state index in [0.29, 0.717) is 17.2 Å². The molecule has 1 aliphatic heterocycles. The number of ether oxygens (including phenoxy) is 1. The van der Waals surface area contributed by atoms with Crippen LogP contribution in [0.1, 0.15) is 45.1 Å². The highest BCUT2D eigenvalue weighted by Gasteiger charge is 2.34. The van der Waals surface area contributed by atoms with Crippen LogP contribution in [0.2, 0.25) is 0 Å². The number of amides is 1. The third-order valence-corrected chi connectivity index (χ3v) is 7.96. The van der Waals surface area contributed by atoms with Crippen molar-refractivity contribution in [1.29, 1.82) is 0 Å². The van der Waals surface area contributed by atoms with Crippen LogP contribution in [0.25, 0.3) is 10.2 Å². The van der Waals surface area contributed by atoms with Crippen LogP contribution < -0.4 is 5.32 Å². The van der Waals surface area contributed by atoms with Gasteiger partial charge in [0.15, 0.2) is 5.76 Å². The molecule has 8 nitrogen and oxygen atoms in total. The van der Waals surface area contributed by atoms with Gasteiger partial charge in [-0.3, -0.25) is 4.79 Å². The largest absolute Gasteiger partial charge is 0.381 e. The maximum atomic E-state index is 13.3. The van der Waals surface area contributed by atoms with Crippen LogP contribution in [-0.4, -0.2) is 52.7 Å². The van der Waals surface area contributed by atoms with Gasteiger partial charge in [0.25, 0.3) is 5.91 Å². The lowest BCUT2D eigenvalue weighted by atomic mass is 9.74. The Kier molecular flexibility index (Phi) is 6.53. The molecule has 0 spiro atoms. The molecule has 9 heteroatoms. The molecular formula is C26H29N5O3S. The van der Waals surface area contributed by atoms with Crippen molar-refractivity contribution in [2.24, 2.45) is 0 Å². The number of carbonyl (C=O) groups is 1. The average Bonchev–Trinajstić information content (AvgIpc) is 3.45. The summed E-state index contributed by atoms with van der Waals surface area (Å²) in [5.74, 6) is 1.34. The van der Waals surface area contributed by atoms with Gasteiger partial charge < -0.3 is 19.5 Å². The van der Waals surface area contributed by atoms with Crippen molar-refractivity contribution in [3.63, 3.8) is 0 Å². The number of aromatic nitrogens is 3. The van der Waals surface area contributed by atoms with Crippen LogP contribution in [0.3, 0.4) is 0 Å².